The minimum atomic E-state index is 0. The van der Waals surface area contributed by atoms with E-state index in [4.69, 9.17) is 0 Å². The predicted molar refractivity (Wildman–Crippen MR) is 67.8 cm³/mol. The molecule has 4 heteroatoms. The number of hydrogen-bond donors (Lipinski definition) is 1. The number of rotatable bonds is 1. The average Bonchev–Trinajstić information content (AvgIpc) is 2.74. The van der Waals surface area contributed by atoms with Crippen LogP contribution in [0.5, 0.6) is 0 Å². The maximum Gasteiger partial charge on any atom is 0.239 e. The maximum atomic E-state index is 12.1. The van der Waals surface area contributed by atoms with Crippen LogP contribution in [0, 0.1) is 11.8 Å². The van der Waals surface area contributed by atoms with Gasteiger partial charge in [-0.1, -0.05) is 13.8 Å². The average molecular weight is 247 g/mol. The molecule has 2 aliphatic rings. The SMILES string of the molecule is CC1CCN(C(=O)C2CCCN2)CC1C.Cl. The fourth-order valence-corrected chi connectivity index (χ4v) is 2.58. The lowest BCUT2D eigenvalue weighted by molar-refractivity contribution is -0.135. The molecule has 0 bridgehead atoms. The summed E-state index contributed by atoms with van der Waals surface area (Å²) in [7, 11) is 0. The van der Waals surface area contributed by atoms with E-state index in [1.807, 2.05) is 0 Å². The Balaban J connectivity index is 0.00000128. The van der Waals surface area contributed by atoms with Gasteiger partial charge in [0.2, 0.25) is 5.91 Å². The van der Waals surface area contributed by atoms with Gasteiger partial charge in [0.1, 0.15) is 0 Å². The molecule has 2 heterocycles. The molecular weight excluding hydrogens is 224 g/mol. The van der Waals surface area contributed by atoms with Crippen LogP contribution in [0.4, 0.5) is 0 Å². The van der Waals surface area contributed by atoms with Gasteiger partial charge in [-0.05, 0) is 37.6 Å². The van der Waals surface area contributed by atoms with Gasteiger partial charge in [0, 0.05) is 13.1 Å². The Hall–Kier alpha value is -0.280. The highest BCUT2D eigenvalue weighted by Crippen LogP contribution is 2.23. The number of piperidine rings is 1. The van der Waals surface area contributed by atoms with Crippen molar-refractivity contribution in [2.24, 2.45) is 11.8 Å². The predicted octanol–water partition coefficient (Wildman–Crippen LogP) is 1.66. The van der Waals surface area contributed by atoms with Gasteiger partial charge in [-0.3, -0.25) is 4.79 Å². The largest absolute Gasteiger partial charge is 0.341 e. The van der Waals surface area contributed by atoms with Crippen molar-refractivity contribution in [2.45, 2.75) is 39.2 Å². The highest BCUT2D eigenvalue weighted by Gasteiger charge is 2.31. The molecular formula is C12H23ClN2O. The summed E-state index contributed by atoms with van der Waals surface area (Å²) in [4.78, 5) is 14.2. The molecule has 3 atom stereocenters. The molecule has 16 heavy (non-hydrogen) atoms. The summed E-state index contributed by atoms with van der Waals surface area (Å²) < 4.78 is 0. The summed E-state index contributed by atoms with van der Waals surface area (Å²) in [6.07, 6.45) is 3.34. The van der Waals surface area contributed by atoms with Crippen LogP contribution >= 0.6 is 12.4 Å². The minimum Gasteiger partial charge on any atom is -0.341 e. The molecule has 0 aliphatic carbocycles. The molecule has 94 valence electrons. The Kier molecular flexibility index (Phi) is 5.06. The van der Waals surface area contributed by atoms with Crippen molar-refractivity contribution in [3.05, 3.63) is 0 Å². The van der Waals surface area contributed by atoms with E-state index < -0.39 is 0 Å². The van der Waals surface area contributed by atoms with E-state index in [9.17, 15) is 4.79 Å². The number of nitrogens with one attached hydrogen (secondary N) is 1. The first kappa shape index (κ1) is 13.8. The summed E-state index contributed by atoms with van der Waals surface area (Å²) in [5.74, 6) is 1.76. The van der Waals surface area contributed by atoms with Gasteiger partial charge in [-0.25, -0.2) is 0 Å². The highest BCUT2D eigenvalue weighted by atomic mass is 35.5. The molecule has 3 unspecified atom stereocenters. The lowest BCUT2D eigenvalue weighted by atomic mass is 9.88. The number of halogens is 1. The van der Waals surface area contributed by atoms with Crippen LogP contribution in [0.1, 0.15) is 33.1 Å². The molecule has 0 aromatic heterocycles. The van der Waals surface area contributed by atoms with Gasteiger partial charge in [0.25, 0.3) is 0 Å². The number of likely N-dealkylation sites (tertiary alicyclic amines) is 1. The van der Waals surface area contributed by atoms with E-state index in [1.165, 1.54) is 6.42 Å². The zero-order valence-corrected chi connectivity index (χ0v) is 11.1. The van der Waals surface area contributed by atoms with Crippen LogP contribution in [0.15, 0.2) is 0 Å². The van der Waals surface area contributed by atoms with Gasteiger partial charge in [-0.15, -0.1) is 12.4 Å². The number of carbonyl (C=O) groups is 1. The van der Waals surface area contributed by atoms with Gasteiger partial charge >= 0.3 is 0 Å². The Bertz CT molecular complexity index is 241. The molecule has 1 N–H and O–H groups in total. The van der Waals surface area contributed by atoms with Crippen molar-refractivity contribution in [3.63, 3.8) is 0 Å². The lowest BCUT2D eigenvalue weighted by Gasteiger charge is -2.36. The van der Waals surface area contributed by atoms with Gasteiger partial charge in [0.05, 0.1) is 6.04 Å². The molecule has 0 aromatic rings. The first-order chi connectivity index (χ1) is 7.18. The van der Waals surface area contributed by atoms with E-state index >= 15 is 0 Å². The van der Waals surface area contributed by atoms with E-state index in [0.29, 0.717) is 11.8 Å². The Labute approximate surface area is 104 Å². The zero-order valence-electron chi connectivity index (χ0n) is 10.2. The van der Waals surface area contributed by atoms with Crippen molar-refractivity contribution in [3.8, 4) is 0 Å². The van der Waals surface area contributed by atoms with E-state index in [0.717, 1.165) is 38.4 Å². The fraction of sp³-hybridized carbons (Fsp3) is 0.917. The minimum absolute atomic E-state index is 0. The lowest BCUT2D eigenvalue weighted by Crippen LogP contribution is -2.49. The molecule has 0 radical (unpaired) electrons. The van der Waals surface area contributed by atoms with Crippen LogP contribution < -0.4 is 5.32 Å². The molecule has 0 aromatic carbocycles. The van der Waals surface area contributed by atoms with Crippen molar-refractivity contribution in [2.75, 3.05) is 19.6 Å². The Morgan fingerprint density at radius 1 is 1.25 bits per heavy atom. The second-order valence-corrected chi connectivity index (χ2v) is 5.18. The van der Waals surface area contributed by atoms with Crippen LogP contribution in [0.25, 0.3) is 0 Å². The van der Waals surface area contributed by atoms with Crippen molar-refractivity contribution in [1.29, 1.82) is 0 Å². The summed E-state index contributed by atoms with van der Waals surface area (Å²) in [6, 6.07) is 0.116. The maximum absolute atomic E-state index is 12.1. The van der Waals surface area contributed by atoms with Crippen molar-refractivity contribution < 1.29 is 4.79 Å². The fourth-order valence-electron chi connectivity index (χ4n) is 2.58. The first-order valence-corrected chi connectivity index (χ1v) is 6.20. The zero-order chi connectivity index (χ0) is 10.8. The smallest absolute Gasteiger partial charge is 0.239 e. The molecule has 0 saturated carbocycles. The van der Waals surface area contributed by atoms with Crippen molar-refractivity contribution >= 4 is 18.3 Å². The molecule has 1 amide bonds. The van der Waals surface area contributed by atoms with Crippen molar-refractivity contribution in [1.82, 2.24) is 10.2 Å². The van der Waals surface area contributed by atoms with Crippen LogP contribution in [-0.4, -0.2) is 36.5 Å². The summed E-state index contributed by atoms with van der Waals surface area (Å²) in [5, 5.41) is 3.29. The van der Waals surface area contributed by atoms with E-state index in [1.54, 1.807) is 0 Å². The monoisotopic (exact) mass is 246 g/mol. The second kappa shape index (κ2) is 5.87. The third kappa shape index (κ3) is 2.89. The third-order valence-corrected chi connectivity index (χ3v) is 4.00. The molecule has 0 spiro atoms. The van der Waals surface area contributed by atoms with Gasteiger partial charge in [0.15, 0.2) is 0 Å². The molecule has 3 nitrogen and oxygen atoms in total. The normalized spacial score (nSPS) is 34.6. The van der Waals surface area contributed by atoms with E-state index in [2.05, 4.69) is 24.1 Å². The second-order valence-electron chi connectivity index (χ2n) is 5.18. The van der Waals surface area contributed by atoms with Crippen LogP contribution in [0.2, 0.25) is 0 Å². The standard InChI is InChI=1S/C12H22N2O.ClH/c1-9-5-7-14(8-10(9)2)12(15)11-4-3-6-13-11;/h9-11,13H,3-8H2,1-2H3;1H. The number of amides is 1. The number of hydrogen-bond acceptors (Lipinski definition) is 2. The van der Waals surface area contributed by atoms with Crippen LogP contribution in [0.3, 0.4) is 0 Å². The summed E-state index contributed by atoms with van der Waals surface area (Å²) in [5.41, 5.74) is 0. The molecule has 2 saturated heterocycles. The van der Waals surface area contributed by atoms with Gasteiger partial charge < -0.3 is 10.2 Å². The quantitative estimate of drug-likeness (QED) is 0.763. The number of nitrogens with zero attached hydrogens (tertiary/aromatic N) is 1. The molecule has 2 aliphatic heterocycles. The topological polar surface area (TPSA) is 32.3 Å². The Morgan fingerprint density at radius 3 is 2.56 bits per heavy atom. The first-order valence-electron chi connectivity index (χ1n) is 6.20. The number of carbonyl (C=O) groups excluding carboxylic acids is 1. The van der Waals surface area contributed by atoms with E-state index in [-0.39, 0.29) is 18.4 Å². The van der Waals surface area contributed by atoms with Crippen LogP contribution in [-0.2, 0) is 4.79 Å². The highest BCUT2D eigenvalue weighted by molar-refractivity contribution is 5.85. The van der Waals surface area contributed by atoms with Gasteiger partial charge in [-0.2, -0.15) is 0 Å². The summed E-state index contributed by atoms with van der Waals surface area (Å²) in [6.45, 7) is 7.48. The Morgan fingerprint density at radius 2 is 2.00 bits per heavy atom. The molecule has 2 rings (SSSR count). The summed E-state index contributed by atoms with van der Waals surface area (Å²) >= 11 is 0. The molecule has 2 fully saturated rings. The third-order valence-electron chi connectivity index (χ3n) is 4.00.